The molecule has 2 nitrogen and oxygen atoms in total. The molecule has 0 fully saturated rings. The smallest absolute Gasteiger partial charge is 0.143 e. The Bertz CT molecular complexity index is 1250. The van der Waals surface area contributed by atoms with E-state index in [0.29, 0.717) is 0 Å². The van der Waals surface area contributed by atoms with Crippen LogP contribution in [0.5, 0.6) is 0 Å². The van der Waals surface area contributed by atoms with Gasteiger partial charge in [-0.2, -0.15) is 0 Å². The van der Waals surface area contributed by atoms with Gasteiger partial charge in [0.25, 0.3) is 0 Å². The van der Waals surface area contributed by atoms with Crippen LogP contribution in [0.2, 0.25) is 0 Å². The van der Waals surface area contributed by atoms with Gasteiger partial charge in [0.15, 0.2) is 0 Å². The summed E-state index contributed by atoms with van der Waals surface area (Å²) in [7, 11) is 1.75. The first kappa shape index (κ1) is 14.5. The van der Waals surface area contributed by atoms with Crippen molar-refractivity contribution >= 4 is 43.5 Å². The van der Waals surface area contributed by atoms with Gasteiger partial charge in [0, 0.05) is 23.3 Å². The molecule has 5 aromatic rings. The molecule has 1 heterocycles. The minimum atomic E-state index is 0.0132. The highest BCUT2D eigenvalue weighted by molar-refractivity contribution is 6.23. The maximum Gasteiger partial charge on any atom is 0.143 e. The number of fused-ring (bicyclic) bond motifs is 7. The van der Waals surface area contributed by atoms with Crippen molar-refractivity contribution in [2.45, 2.75) is 13.0 Å². The van der Waals surface area contributed by atoms with E-state index in [9.17, 15) is 0 Å². The molecular formula is C23H18O2. The number of methoxy groups -OCH3 is 1. The normalized spacial score (nSPS) is 13.2. The molecule has 0 N–H and O–H groups in total. The van der Waals surface area contributed by atoms with Crippen LogP contribution < -0.4 is 0 Å². The van der Waals surface area contributed by atoms with Gasteiger partial charge in [0.2, 0.25) is 0 Å². The third-order valence-corrected chi connectivity index (χ3v) is 5.19. The summed E-state index contributed by atoms with van der Waals surface area (Å²) >= 11 is 0. The second-order valence-electron chi connectivity index (χ2n) is 6.53. The minimum absolute atomic E-state index is 0.0132. The zero-order chi connectivity index (χ0) is 17.0. The largest absolute Gasteiger partial charge is 0.455 e. The monoisotopic (exact) mass is 326 g/mol. The average molecular weight is 326 g/mol. The molecule has 1 atom stereocenters. The summed E-state index contributed by atoms with van der Waals surface area (Å²) in [6.07, 6.45) is 0.0132. The summed E-state index contributed by atoms with van der Waals surface area (Å²) in [5.74, 6) is 0. The lowest BCUT2D eigenvalue weighted by Gasteiger charge is -2.13. The molecule has 122 valence electrons. The standard InChI is InChI=1S/C23H18O2/c1-14(24-2)20-13-21-22(18-10-6-5-9-17(18)20)19-12-11-15-7-3-4-8-16(15)23(19)25-21/h3-14H,1-2H3. The van der Waals surface area contributed by atoms with Gasteiger partial charge in [-0.15, -0.1) is 0 Å². The van der Waals surface area contributed by atoms with E-state index < -0.39 is 0 Å². The molecular weight excluding hydrogens is 308 g/mol. The molecule has 0 aliphatic rings. The van der Waals surface area contributed by atoms with Crippen LogP contribution >= 0.6 is 0 Å². The number of hydrogen-bond acceptors (Lipinski definition) is 2. The number of rotatable bonds is 2. The van der Waals surface area contributed by atoms with E-state index in [4.69, 9.17) is 9.15 Å². The lowest BCUT2D eigenvalue weighted by molar-refractivity contribution is 0.121. The Morgan fingerprint density at radius 3 is 2.32 bits per heavy atom. The van der Waals surface area contributed by atoms with Crippen molar-refractivity contribution in [1.82, 2.24) is 0 Å². The van der Waals surface area contributed by atoms with E-state index in [1.165, 1.54) is 26.9 Å². The molecule has 0 bridgehead atoms. The quantitative estimate of drug-likeness (QED) is 0.364. The highest BCUT2D eigenvalue weighted by atomic mass is 16.5. The van der Waals surface area contributed by atoms with Crippen molar-refractivity contribution in [2.75, 3.05) is 7.11 Å². The predicted molar refractivity (Wildman–Crippen MR) is 104 cm³/mol. The number of benzene rings is 4. The van der Waals surface area contributed by atoms with E-state index in [0.717, 1.165) is 22.1 Å². The number of ether oxygens (including phenoxy) is 1. The van der Waals surface area contributed by atoms with Crippen molar-refractivity contribution < 1.29 is 9.15 Å². The lowest BCUT2D eigenvalue weighted by Crippen LogP contribution is -1.97. The van der Waals surface area contributed by atoms with E-state index in [1.807, 2.05) is 0 Å². The topological polar surface area (TPSA) is 22.4 Å². The number of furan rings is 1. The molecule has 0 aliphatic heterocycles. The van der Waals surface area contributed by atoms with Gasteiger partial charge in [-0.05, 0) is 40.8 Å². The summed E-state index contributed by atoms with van der Waals surface area (Å²) < 4.78 is 11.9. The Morgan fingerprint density at radius 1 is 0.800 bits per heavy atom. The van der Waals surface area contributed by atoms with Crippen LogP contribution in [0.25, 0.3) is 43.5 Å². The highest BCUT2D eigenvalue weighted by Crippen LogP contribution is 2.40. The van der Waals surface area contributed by atoms with Crippen LogP contribution in [0.1, 0.15) is 18.6 Å². The van der Waals surface area contributed by atoms with Crippen LogP contribution in [0, 0.1) is 0 Å². The fraction of sp³-hybridized carbons (Fsp3) is 0.130. The van der Waals surface area contributed by atoms with Crippen LogP contribution in [0.4, 0.5) is 0 Å². The van der Waals surface area contributed by atoms with Crippen LogP contribution in [0.3, 0.4) is 0 Å². The van der Waals surface area contributed by atoms with Crippen LogP contribution in [-0.4, -0.2) is 7.11 Å². The van der Waals surface area contributed by atoms with Crippen LogP contribution in [0.15, 0.2) is 71.1 Å². The van der Waals surface area contributed by atoms with Crippen molar-refractivity contribution in [2.24, 2.45) is 0 Å². The fourth-order valence-corrected chi connectivity index (χ4v) is 3.86. The summed E-state index contributed by atoms with van der Waals surface area (Å²) in [6.45, 7) is 2.08. The SMILES string of the molecule is COC(C)c1cc2oc3c4ccccc4ccc3c2c2ccccc12. The Labute approximate surface area is 145 Å². The van der Waals surface area contributed by atoms with E-state index >= 15 is 0 Å². The Morgan fingerprint density at radius 2 is 1.52 bits per heavy atom. The molecule has 5 rings (SSSR count). The second-order valence-corrected chi connectivity index (χ2v) is 6.53. The maximum absolute atomic E-state index is 6.35. The lowest BCUT2D eigenvalue weighted by atomic mass is 9.96. The molecule has 0 radical (unpaired) electrons. The zero-order valence-electron chi connectivity index (χ0n) is 14.2. The molecule has 0 saturated carbocycles. The van der Waals surface area contributed by atoms with Crippen molar-refractivity contribution in [3.8, 4) is 0 Å². The molecule has 1 aromatic heterocycles. The Hall–Kier alpha value is -2.84. The van der Waals surface area contributed by atoms with Gasteiger partial charge in [0.1, 0.15) is 11.2 Å². The van der Waals surface area contributed by atoms with Gasteiger partial charge in [-0.3, -0.25) is 0 Å². The molecule has 4 aromatic carbocycles. The second kappa shape index (κ2) is 5.33. The number of hydrogen-bond donors (Lipinski definition) is 0. The average Bonchev–Trinajstić information content (AvgIpc) is 3.06. The Kier molecular flexibility index (Phi) is 3.09. The van der Waals surface area contributed by atoms with E-state index in [-0.39, 0.29) is 6.10 Å². The third-order valence-electron chi connectivity index (χ3n) is 5.19. The molecule has 2 heteroatoms. The van der Waals surface area contributed by atoms with Gasteiger partial charge >= 0.3 is 0 Å². The summed E-state index contributed by atoms with van der Waals surface area (Å²) in [4.78, 5) is 0. The first-order valence-electron chi connectivity index (χ1n) is 8.56. The summed E-state index contributed by atoms with van der Waals surface area (Å²) in [5, 5.41) is 7.14. The first-order valence-corrected chi connectivity index (χ1v) is 8.56. The molecule has 0 aliphatic carbocycles. The first-order chi connectivity index (χ1) is 12.3. The molecule has 0 spiro atoms. The Balaban J connectivity index is 2.02. The van der Waals surface area contributed by atoms with Crippen molar-refractivity contribution in [1.29, 1.82) is 0 Å². The summed E-state index contributed by atoms with van der Waals surface area (Å²) in [6, 6.07) is 23.4. The van der Waals surface area contributed by atoms with Gasteiger partial charge in [-0.1, -0.05) is 54.6 Å². The van der Waals surface area contributed by atoms with Gasteiger partial charge in [0.05, 0.1) is 6.10 Å². The predicted octanol–water partition coefficient (Wildman–Crippen LogP) is 6.60. The van der Waals surface area contributed by atoms with Gasteiger partial charge < -0.3 is 9.15 Å². The maximum atomic E-state index is 6.35. The van der Waals surface area contributed by atoms with E-state index in [1.54, 1.807) is 7.11 Å². The minimum Gasteiger partial charge on any atom is -0.455 e. The summed E-state index contributed by atoms with van der Waals surface area (Å²) in [5.41, 5.74) is 3.04. The fourth-order valence-electron chi connectivity index (χ4n) is 3.86. The molecule has 0 amide bonds. The molecule has 25 heavy (non-hydrogen) atoms. The third kappa shape index (κ3) is 2.01. The zero-order valence-corrected chi connectivity index (χ0v) is 14.2. The van der Waals surface area contributed by atoms with Crippen molar-refractivity contribution in [3.05, 3.63) is 72.3 Å². The van der Waals surface area contributed by atoms with Crippen LogP contribution in [-0.2, 0) is 4.74 Å². The highest BCUT2D eigenvalue weighted by Gasteiger charge is 2.17. The van der Waals surface area contributed by atoms with E-state index in [2.05, 4.69) is 73.7 Å². The van der Waals surface area contributed by atoms with Crippen molar-refractivity contribution in [3.63, 3.8) is 0 Å². The molecule has 0 saturated heterocycles. The van der Waals surface area contributed by atoms with Gasteiger partial charge in [-0.25, -0.2) is 0 Å². The molecule has 1 unspecified atom stereocenters.